The molecule has 1 N–H and O–H groups in total. The number of hydrogen-bond acceptors (Lipinski definition) is 7. The maximum Gasteiger partial charge on any atom is 0.248 e. The Kier molecular flexibility index (Phi) is 6.36. The fourth-order valence-corrected chi connectivity index (χ4v) is 3.87. The van der Waals surface area contributed by atoms with Gasteiger partial charge in [0.2, 0.25) is 23.5 Å². The SMILES string of the molecule is CC(=O)N(c1nc(/C=C/C(=O)Nc2ccccc2-c2noc(C)n2)cs1)c1ccccc1F. The summed E-state index contributed by atoms with van der Waals surface area (Å²) >= 11 is 1.16. The highest BCUT2D eigenvalue weighted by Crippen LogP contribution is 2.31. The Morgan fingerprint density at radius 1 is 1.12 bits per heavy atom. The van der Waals surface area contributed by atoms with E-state index in [4.69, 9.17) is 4.52 Å². The number of para-hydroxylation sites is 2. The first kappa shape index (κ1) is 22.0. The van der Waals surface area contributed by atoms with Crippen molar-refractivity contribution in [3.05, 3.63) is 77.4 Å². The topological polar surface area (TPSA) is 101 Å². The van der Waals surface area contributed by atoms with Crippen molar-refractivity contribution in [3.8, 4) is 11.4 Å². The van der Waals surface area contributed by atoms with Crippen LogP contribution in [0.2, 0.25) is 0 Å². The number of halogens is 1. The molecule has 166 valence electrons. The third-order valence-electron chi connectivity index (χ3n) is 4.47. The second-order valence-electron chi connectivity index (χ2n) is 6.87. The number of nitrogens with one attached hydrogen (secondary N) is 1. The van der Waals surface area contributed by atoms with Crippen molar-refractivity contribution in [2.75, 3.05) is 10.2 Å². The van der Waals surface area contributed by atoms with Gasteiger partial charge in [0.25, 0.3) is 0 Å². The second-order valence-corrected chi connectivity index (χ2v) is 7.70. The molecule has 2 heterocycles. The third-order valence-corrected chi connectivity index (χ3v) is 5.31. The predicted octanol–water partition coefficient (Wildman–Crippen LogP) is 4.98. The standard InChI is InChI=1S/C23H18FN5O3S/c1-14-25-22(28-32-14)17-7-3-5-9-19(17)27-21(31)12-11-16-13-33-23(26-16)29(15(2)30)20-10-6-4-8-18(20)24/h3-13H,1-2H3,(H,27,31)/b12-11+. The molecule has 0 aliphatic carbocycles. The minimum Gasteiger partial charge on any atom is -0.339 e. The van der Waals surface area contributed by atoms with Gasteiger partial charge in [-0.1, -0.05) is 29.4 Å². The Bertz CT molecular complexity index is 1350. The van der Waals surface area contributed by atoms with Gasteiger partial charge in [-0.3, -0.25) is 14.5 Å². The molecule has 2 aromatic carbocycles. The molecule has 0 saturated heterocycles. The lowest BCUT2D eigenvalue weighted by Crippen LogP contribution is -2.23. The van der Waals surface area contributed by atoms with E-state index in [0.29, 0.717) is 33.8 Å². The Hall–Kier alpha value is -4.18. The van der Waals surface area contributed by atoms with Gasteiger partial charge in [0, 0.05) is 30.9 Å². The van der Waals surface area contributed by atoms with Gasteiger partial charge in [0.05, 0.1) is 17.1 Å². The lowest BCUT2D eigenvalue weighted by atomic mass is 10.1. The van der Waals surface area contributed by atoms with Crippen LogP contribution in [-0.2, 0) is 9.59 Å². The van der Waals surface area contributed by atoms with Crippen molar-refractivity contribution in [2.45, 2.75) is 13.8 Å². The molecule has 0 unspecified atom stereocenters. The molecule has 0 fully saturated rings. The first-order chi connectivity index (χ1) is 15.9. The first-order valence-corrected chi connectivity index (χ1v) is 10.7. The molecule has 10 heteroatoms. The van der Waals surface area contributed by atoms with E-state index in [9.17, 15) is 14.0 Å². The Morgan fingerprint density at radius 3 is 2.61 bits per heavy atom. The summed E-state index contributed by atoms with van der Waals surface area (Å²) in [6.07, 6.45) is 2.83. The van der Waals surface area contributed by atoms with Gasteiger partial charge in [0.15, 0.2) is 5.13 Å². The van der Waals surface area contributed by atoms with Crippen molar-refractivity contribution in [1.29, 1.82) is 0 Å². The van der Waals surface area contributed by atoms with Crippen molar-refractivity contribution in [3.63, 3.8) is 0 Å². The molecule has 0 atom stereocenters. The molecule has 0 radical (unpaired) electrons. The van der Waals surface area contributed by atoms with E-state index in [1.807, 2.05) is 0 Å². The summed E-state index contributed by atoms with van der Waals surface area (Å²) < 4.78 is 19.2. The summed E-state index contributed by atoms with van der Waals surface area (Å²) in [7, 11) is 0. The number of amides is 2. The average Bonchev–Trinajstić information content (AvgIpc) is 3.43. The van der Waals surface area contributed by atoms with Crippen molar-refractivity contribution >= 4 is 45.7 Å². The van der Waals surface area contributed by atoms with E-state index in [1.54, 1.807) is 48.7 Å². The number of rotatable bonds is 6. The molecule has 4 aromatic rings. The van der Waals surface area contributed by atoms with Crippen LogP contribution >= 0.6 is 11.3 Å². The molecule has 2 aromatic heterocycles. The zero-order valence-corrected chi connectivity index (χ0v) is 18.5. The van der Waals surface area contributed by atoms with Crippen LogP contribution in [-0.4, -0.2) is 26.9 Å². The summed E-state index contributed by atoms with van der Waals surface area (Å²) in [5.74, 6) is -0.519. The minimum absolute atomic E-state index is 0.112. The number of aromatic nitrogens is 3. The molecule has 0 bridgehead atoms. The van der Waals surface area contributed by atoms with Crippen LogP contribution in [0.4, 0.5) is 20.9 Å². The van der Waals surface area contributed by atoms with Gasteiger partial charge in [-0.15, -0.1) is 11.3 Å². The Morgan fingerprint density at radius 2 is 1.88 bits per heavy atom. The Balaban J connectivity index is 1.50. The minimum atomic E-state index is -0.533. The average molecular weight is 463 g/mol. The van der Waals surface area contributed by atoms with Gasteiger partial charge in [-0.25, -0.2) is 9.37 Å². The van der Waals surface area contributed by atoms with Crippen LogP contribution in [0.15, 0.2) is 64.5 Å². The van der Waals surface area contributed by atoms with E-state index in [1.165, 1.54) is 36.1 Å². The Labute approximate surface area is 192 Å². The molecule has 0 aliphatic rings. The highest BCUT2D eigenvalue weighted by molar-refractivity contribution is 7.14. The quantitative estimate of drug-likeness (QED) is 0.405. The normalized spacial score (nSPS) is 11.0. The number of carbonyl (C=O) groups excluding carboxylic acids is 2. The molecule has 4 rings (SSSR count). The van der Waals surface area contributed by atoms with Crippen LogP contribution < -0.4 is 10.2 Å². The van der Waals surface area contributed by atoms with Crippen LogP contribution in [0.1, 0.15) is 18.5 Å². The maximum atomic E-state index is 14.2. The monoisotopic (exact) mass is 463 g/mol. The number of carbonyl (C=O) groups is 2. The van der Waals surface area contributed by atoms with Crippen molar-refractivity contribution in [1.82, 2.24) is 15.1 Å². The van der Waals surface area contributed by atoms with Crippen LogP contribution in [0, 0.1) is 12.7 Å². The molecule has 33 heavy (non-hydrogen) atoms. The van der Waals surface area contributed by atoms with Crippen LogP contribution in [0.5, 0.6) is 0 Å². The van der Waals surface area contributed by atoms with Crippen molar-refractivity contribution < 1.29 is 18.5 Å². The van der Waals surface area contributed by atoms with Gasteiger partial charge >= 0.3 is 0 Å². The zero-order chi connectivity index (χ0) is 23.4. The first-order valence-electron chi connectivity index (χ1n) is 9.82. The predicted molar refractivity (Wildman–Crippen MR) is 123 cm³/mol. The number of nitrogens with zero attached hydrogens (tertiary/aromatic N) is 4. The highest BCUT2D eigenvalue weighted by Gasteiger charge is 2.20. The molecule has 8 nitrogen and oxygen atoms in total. The molecule has 0 saturated carbocycles. The van der Waals surface area contributed by atoms with Crippen LogP contribution in [0.3, 0.4) is 0 Å². The van der Waals surface area contributed by atoms with Crippen LogP contribution in [0.25, 0.3) is 17.5 Å². The van der Waals surface area contributed by atoms with E-state index < -0.39 is 11.7 Å². The van der Waals surface area contributed by atoms with E-state index in [-0.39, 0.29) is 11.6 Å². The number of aryl methyl sites for hydroxylation is 1. The number of anilines is 3. The number of hydrogen-bond donors (Lipinski definition) is 1. The largest absolute Gasteiger partial charge is 0.339 e. The smallest absolute Gasteiger partial charge is 0.248 e. The lowest BCUT2D eigenvalue weighted by Gasteiger charge is -2.18. The van der Waals surface area contributed by atoms with E-state index >= 15 is 0 Å². The van der Waals surface area contributed by atoms with Gasteiger partial charge in [-0.05, 0) is 30.3 Å². The molecule has 2 amide bonds. The molecule has 0 spiro atoms. The summed E-state index contributed by atoms with van der Waals surface area (Å²) in [5.41, 5.74) is 1.71. The lowest BCUT2D eigenvalue weighted by molar-refractivity contribution is -0.116. The third kappa shape index (κ3) is 5.01. The number of benzene rings is 2. The summed E-state index contributed by atoms with van der Waals surface area (Å²) in [6, 6.07) is 13.1. The summed E-state index contributed by atoms with van der Waals surface area (Å²) in [5, 5.41) is 8.64. The summed E-state index contributed by atoms with van der Waals surface area (Å²) in [4.78, 5) is 34.4. The zero-order valence-electron chi connectivity index (χ0n) is 17.7. The van der Waals surface area contributed by atoms with Crippen molar-refractivity contribution in [2.24, 2.45) is 0 Å². The van der Waals surface area contributed by atoms with E-state index in [2.05, 4.69) is 20.4 Å². The molecule has 0 aliphatic heterocycles. The fraction of sp³-hybridized carbons (Fsp3) is 0.0870. The summed E-state index contributed by atoms with van der Waals surface area (Å²) in [6.45, 7) is 3.02. The van der Waals surface area contributed by atoms with Gasteiger partial charge < -0.3 is 9.84 Å². The maximum absolute atomic E-state index is 14.2. The van der Waals surface area contributed by atoms with E-state index in [0.717, 1.165) is 11.3 Å². The van der Waals surface area contributed by atoms with Gasteiger partial charge in [-0.2, -0.15) is 4.98 Å². The second kappa shape index (κ2) is 9.53. The number of thiazole rings is 1. The molecular weight excluding hydrogens is 445 g/mol. The fourth-order valence-electron chi connectivity index (χ4n) is 3.03. The van der Waals surface area contributed by atoms with Gasteiger partial charge in [0.1, 0.15) is 5.82 Å². The highest BCUT2D eigenvalue weighted by atomic mass is 32.1. The molecular formula is C23H18FN5O3S.